The maximum Gasteiger partial charge on any atom is 0.191 e. The van der Waals surface area contributed by atoms with Crippen LogP contribution >= 0.6 is 24.0 Å². The maximum atomic E-state index is 5.88. The van der Waals surface area contributed by atoms with Crippen LogP contribution in [0.5, 0.6) is 5.75 Å². The lowest BCUT2D eigenvalue weighted by atomic mass is 10.1. The first-order valence-corrected chi connectivity index (χ1v) is 8.89. The van der Waals surface area contributed by atoms with Crippen LogP contribution < -0.4 is 15.4 Å². The predicted octanol–water partition coefficient (Wildman–Crippen LogP) is 3.74. The second kappa shape index (κ2) is 14.2. The second-order valence-corrected chi connectivity index (χ2v) is 6.13. The highest BCUT2D eigenvalue weighted by Gasteiger charge is 2.05. The molecule has 2 N–H and O–H groups in total. The number of nitrogens with one attached hydrogen (secondary N) is 2. The standard InChI is InChI=1S/C19H33N3O2.HI/c1-6-20-19(21-13-15(3)4)22-14-17-9-8-16(5)12-18(17)24-11-10-23-7-2;/h8-9,12,15H,6-7,10-11,13-14H2,1-5H3,(H2,20,21,22);1H. The Kier molecular flexibility index (Phi) is 13.6. The van der Waals surface area contributed by atoms with Crippen LogP contribution in [0.4, 0.5) is 0 Å². The number of aryl methyl sites for hydroxylation is 1. The molecule has 0 spiro atoms. The third-order valence-corrected chi connectivity index (χ3v) is 3.34. The highest BCUT2D eigenvalue weighted by atomic mass is 127. The molecule has 1 rings (SSSR count). The zero-order valence-corrected chi connectivity index (χ0v) is 18.6. The number of nitrogens with zero attached hydrogens (tertiary/aromatic N) is 1. The normalized spacial score (nSPS) is 11.2. The average Bonchev–Trinajstić information content (AvgIpc) is 2.55. The van der Waals surface area contributed by atoms with Gasteiger partial charge in [-0.25, -0.2) is 4.99 Å². The van der Waals surface area contributed by atoms with Crippen LogP contribution in [0.1, 0.15) is 38.8 Å². The molecule has 0 aromatic heterocycles. The highest BCUT2D eigenvalue weighted by Crippen LogP contribution is 2.21. The fourth-order valence-electron chi connectivity index (χ4n) is 2.09. The van der Waals surface area contributed by atoms with Crippen LogP contribution in [0.3, 0.4) is 0 Å². The Hall–Kier alpha value is -1.02. The summed E-state index contributed by atoms with van der Waals surface area (Å²) in [5.41, 5.74) is 2.26. The minimum atomic E-state index is 0. The van der Waals surface area contributed by atoms with Gasteiger partial charge in [0.1, 0.15) is 12.4 Å². The minimum absolute atomic E-state index is 0. The van der Waals surface area contributed by atoms with Gasteiger partial charge in [0.25, 0.3) is 0 Å². The third kappa shape index (κ3) is 10.5. The van der Waals surface area contributed by atoms with Crippen molar-refractivity contribution in [3.05, 3.63) is 29.3 Å². The van der Waals surface area contributed by atoms with Gasteiger partial charge in [0.15, 0.2) is 5.96 Å². The number of hydrogen-bond donors (Lipinski definition) is 2. The van der Waals surface area contributed by atoms with E-state index in [0.29, 0.717) is 32.3 Å². The summed E-state index contributed by atoms with van der Waals surface area (Å²) in [6, 6.07) is 6.24. The lowest BCUT2D eigenvalue weighted by Gasteiger charge is -2.14. The molecule has 0 unspecified atom stereocenters. The van der Waals surface area contributed by atoms with Crippen molar-refractivity contribution in [2.45, 2.75) is 41.2 Å². The molecule has 0 fully saturated rings. The summed E-state index contributed by atoms with van der Waals surface area (Å²) in [5.74, 6) is 2.30. The first-order valence-electron chi connectivity index (χ1n) is 8.89. The van der Waals surface area contributed by atoms with Crippen molar-refractivity contribution < 1.29 is 9.47 Å². The first kappa shape index (κ1) is 24.0. The largest absolute Gasteiger partial charge is 0.491 e. The van der Waals surface area contributed by atoms with Crippen LogP contribution in [-0.4, -0.2) is 38.9 Å². The monoisotopic (exact) mass is 463 g/mol. The van der Waals surface area contributed by atoms with Gasteiger partial charge in [0.05, 0.1) is 13.2 Å². The van der Waals surface area contributed by atoms with E-state index in [-0.39, 0.29) is 24.0 Å². The summed E-state index contributed by atoms with van der Waals surface area (Å²) < 4.78 is 11.2. The van der Waals surface area contributed by atoms with Gasteiger partial charge in [0.2, 0.25) is 0 Å². The van der Waals surface area contributed by atoms with Crippen LogP contribution in [0.25, 0.3) is 0 Å². The fourth-order valence-corrected chi connectivity index (χ4v) is 2.09. The van der Waals surface area contributed by atoms with E-state index in [4.69, 9.17) is 9.47 Å². The van der Waals surface area contributed by atoms with Crippen molar-refractivity contribution in [1.29, 1.82) is 0 Å². The van der Waals surface area contributed by atoms with Crippen molar-refractivity contribution in [3.8, 4) is 5.75 Å². The Morgan fingerprint density at radius 1 is 1.16 bits per heavy atom. The van der Waals surface area contributed by atoms with Gasteiger partial charge >= 0.3 is 0 Å². The molecule has 1 aromatic carbocycles. The summed E-state index contributed by atoms with van der Waals surface area (Å²) in [4.78, 5) is 4.67. The number of benzene rings is 1. The van der Waals surface area contributed by atoms with Gasteiger partial charge in [-0.1, -0.05) is 26.0 Å². The minimum Gasteiger partial charge on any atom is -0.491 e. The third-order valence-electron chi connectivity index (χ3n) is 3.34. The number of rotatable bonds is 10. The summed E-state index contributed by atoms with van der Waals surface area (Å²) in [7, 11) is 0. The summed E-state index contributed by atoms with van der Waals surface area (Å²) in [6.45, 7) is 14.7. The molecule has 0 saturated heterocycles. The first-order chi connectivity index (χ1) is 11.6. The van der Waals surface area contributed by atoms with Crippen LogP contribution in [0, 0.1) is 12.8 Å². The molecular weight excluding hydrogens is 429 g/mol. The SMILES string of the molecule is CCNC(=NCc1ccc(C)cc1OCCOCC)NCC(C)C.I. The molecule has 0 aliphatic rings. The van der Waals surface area contributed by atoms with E-state index in [0.717, 1.165) is 30.4 Å². The lowest BCUT2D eigenvalue weighted by Crippen LogP contribution is -2.39. The molecular formula is C19H34IN3O2. The van der Waals surface area contributed by atoms with E-state index in [1.807, 2.05) is 6.92 Å². The van der Waals surface area contributed by atoms with Crippen LogP contribution in [0.15, 0.2) is 23.2 Å². The van der Waals surface area contributed by atoms with E-state index < -0.39 is 0 Å². The van der Waals surface area contributed by atoms with E-state index in [1.54, 1.807) is 0 Å². The van der Waals surface area contributed by atoms with Crippen molar-refractivity contribution in [2.75, 3.05) is 32.9 Å². The van der Waals surface area contributed by atoms with Gasteiger partial charge in [-0.3, -0.25) is 0 Å². The smallest absolute Gasteiger partial charge is 0.191 e. The maximum absolute atomic E-state index is 5.88. The van der Waals surface area contributed by atoms with Crippen LogP contribution in [0.2, 0.25) is 0 Å². The molecule has 25 heavy (non-hydrogen) atoms. The quantitative estimate of drug-likeness (QED) is 0.240. The number of hydrogen-bond acceptors (Lipinski definition) is 3. The molecule has 0 atom stereocenters. The summed E-state index contributed by atoms with van der Waals surface area (Å²) >= 11 is 0. The fraction of sp³-hybridized carbons (Fsp3) is 0.632. The van der Waals surface area contributed by atoms with Gasteiger partial charge in [-0.2, -0.15) is 0 Å². The predicted molar refractivity (Wildman–Crippen MR) is 116 cm³/mol. The summed E-state index contributed by atoms with van der Waals surface area (Å²) in [6.07, 6.45) is 0. The molecule has 0 heterocycles. The Balaban J connectivity index is 0.00000576. The van der Waals surface area contributed by atoms with Crippen molar-refractivity contribution in [3.63, 3.8) is 0 Å². The molecule has 0 radical (unpaired) electrons. The molecule has 1 aromatic rings. The molecule has 0 aliphatic heterocycles. The van der Waals surface area contributed by atoms with Gasteiger partial charge in [-0.15, -0.1) is 24.0 Å². The van der Waals surface area contributed by atoms with E-state index in [9.17, 15) is 0 Å². The van der Waals surface area contributed by atoms with Gasteiger partial charge in [0, 0.05) is 25.3 Å². The second-order valence-electron chi connectivity index (χ2n) is 6.13. The Morgan fingerprint density at radius 2 is 1.92 bits per heavy atom. The number of halogens is 1. The molecule has 6 heteroatoms. The average molecular weight is 463 g/mol. The zero-order chi connectivity index (χ0) is 17.8. The van der Waals surface area contributed by atoms with Crippen molar-refractivity contribution in [2.24, 2.45) is 10.9 Å². The van der Waals surface area contributed by atoms with E-state index in [1.165, 1.54) is 5.56 Å². The summed E-state index contributed by atoms with van der Waals surface area (Å²) in [5, 5.41) is 6.64. The Bertz CT molecular complexity index is 507. The van der Waals surface area contributed by atoms with Crippen molar-refractivity contribution >= 4 is 29.9 Å². The molecule has 0 amide bonds. The molecule has 144 valence electrons. The zero-order valence-electron chi connectivity index (χ0n) is 16.2. The topological polar surface area (TPSA) is 54.9 Å². The van der Waals surface area contributed by atoms with Gasteiger partial charge < -0.3 is 20.1 Å². The molecule has 0 bridgehead atoms. The highest BCUT2D eigenvalue weighted by molar-refractivity contribution is 14.0. The number of guanidine groups is 1. The number of aliphatic imine (C=N–C) groups is 1. The molecule has 0 saturated carbocycles. The number of ether oxygens (including phenoxy) is 2. The molecule has 5 nitrogen and oxygen atoms in total. The van der Waals surface area contributed by atoms with E-state index >= 15 is 0 Å². The Labute approximate surface area is 170 Å². The van der Waals surface area contributed by atoms with Crippen molar-refractivity contribution in [1.82, 2.24) is 10.6 Å². The van der Waals surface area contributed by atoms with E-state index in [2.05, 4.69) is 61.5 Å². The Morgan fingerprint density at radius 3 is 2.56 bits per heavy atom. The lowest BCUT2D eigenvalue weighted by molar-refractivity contribution is 0.110. The molecule has 0 aliphatic carbocycles. The van der Waals surface area contributed by atoms with Gasteiger partial charge in [-0.05, 0) is 38.3 Å². The van der Waals surface area contributed by atoms with Crippen LogP contribution in [-0.2, 0) is 11.3 Å².